The fourth-order valence-corrected chi connectivity index (χ4v) is 2.80. The fourth-order valence-electron chi connectivity index (χ4n) is 2.80. The molecule has 3 atom stereocenters. The minimum absolute atomic E-state index is 0.0432. The lowest BCUT2D eigenvalue weighted by molar-refractivity contribution is -0.656. The third-order valence-corrected chi connectivity index (χ3v) is 4.09. The number of aromatic nitrogens is 3. The van der Waals surface area contributed by atoms with Crippen molar-refractivity contribution in [1.29, 1.82) is 0 Å². The van der Waals surface area contributed by atoms with Gasteiger partial charge in [-0.25, -0.2) is 9.36 Å². The molecule has 3 rings (SSSR count). The van der Waals surface area contributed by atoms with E-state index in [2.05, 4.69) is 9.97 Å². The number of nitrogens with zero attached hydrogens (tertiary/aromatic N) is 1. The number of benzene rings is 1. The molecule has 6 N–H and O–H groups in total. The maximum Gasteiger partial charge on any atom is 0.413 e. The maximum absolute atomic E-state index is 12.1. The first-order valence-electron chi connectivity index (χ1n) is 7.64. The number of aliphatic hydroxyl groups is 3. The van der Waals surface area contributed by atoms with Gasteiger partial charge in [-0.15, -0.1) is 0 Å². The minimum Gasteiger partial charge on any atom is -0.508 e. The van der Waals surface area contributed by atoms with Crippen LogP contribution >= 0.6 is 0 Å². The number of hydrogen-bond acceptors (Lipinski definition) is 6. The number of fused-ring (bicyclic) bond motifs is 2. The van der Waals surface area contributed by atoms with E-state index in [0.717, 1.165) is 0 Å². The predicted octanol–water partition coefficient (Wildman–Crippen LogP) is -1.53. The Balaban J connectivity index is 2.32. The highest BCUT2D eigenvalue weighted by atomic mass is 16.4. The number of rotatable bonds is 4. The summed E-state index contributed by atoms with van der Waals surface area (Å²) in [6, 6.07) is 5.99. The summed E-state index contributed by atoms with van der Waals surface area (Å²) < 4.78 is 1.41. The van der Waals surface area contributed by atoms with Gasteiger partial charge in [0.05, 0.1) is 6.10 Å². The highest BCUT2D eigenvalue weighted by molar-refractivity contribution is 5.87. The van der Waals surface area contributed by atoms with Crippen molar-refractivity contribution in [2.75, 3.05) is 0 Å². The molecule has 0 aliphatic heterocycles. The average molecular weight is 348 g/mol. The van der Waals surface area contributed by atoms with Gasteiger partial charge in [0.15, 0.2) is 0 Å². The van der Waals surface area contributed by atoms with Crippen molar-refractivity contribution in [1.82, 2.24) is 9.97 Å². The summed E-state index contributed by atoms with van der Waals surface area (Å²) in [6.45, 7) is 1.11. The van der Waals surface area contributed by atoms with Crippen LogP contribution in [0.25, 0.3) is 21.9 Å². The normalized spacial score (nSPS) is 15.4. The zero-order chi connectivity index (χ0) is 18.3. The highest BCUT2D eigenvalue weighted by Gasteiger charge is 2.26. The molecule has 0 saturated carbocycles. The second kappa shape index (κ2) is 6.28. The van der Waals surface area contributed by atoms with Crippen molar-refractivity contribution >= 4 is 21.9 Å². The molecular formula is C16H18N3O6+. The predicted molar refractivity (Wildman–Crippen MR) is 88.2 cm³/mol. The average Bonchev–Trinajstić information content (AvgIpc) is 2.54. The van der Waals surface area contributed by atoms with Crippen molar-refractivity contribution in [3.05, 3.63) is 45.1 Å². The van der Waals surface area contributed by atoms with Crippen LogP contribution in [0.4, 0.5) is 0 Å². The van der Waals surface area contributed by atoms with Crippen molar-refractivity contribution < 1.29 is 25.0 Å². The smallest absolute Gasteiger partial charge is 0.413 e. The first kappa shape index (κ1) is 17.1. The van der Waals surface area contributed by atoms with Crippen LogP contribution in [0.3, 0.4) is 0 Å². The number of aliphatic hydroxyl groups excluding tert-OH is 3. The Morgan fingerprint density at radius 3 is 2.52 bits per heavy atom. The van der Waals surface area contributed by atoms with E-state index >= 15 is 0 Å². The van der Waals surface area contributed by atoms with Crippen LogP contribution in [-0.4, -0.2) is 48.7 Å². The van der Waals surface area contributed by atoms with E-state index < -0.39 is 29.6 Å². The van der Waals surface area contributed by atoms with Crippen molar-refractivity contribution in [2.24, 2.45) is 0 Å². The maximum atomic E-state index is 12.1. The summed E-state index contributed by atoms with van der Waals surface area (Å²) >= 11 is 0. The van der Waals surface area contributed by atoms with Gasteiger partial charge >= 0.3 is 5.69 Å². The highest BCUT2D eigenvalue weighted by Crippen LogP contribution is 2.19. The lowest BCUT2D eigenvalue weighted by atomic mass is 10.1. The lowest BCUT2D eigenvalue weighted by Crippen LogP contribution is -2.49. The molecule has 132 valence electrons. The van der Waals surface area contributed by atoms with Gasteiger partial charge in [-0.2, -0.15) is 4.98 Å². The molecule has 0 bridgehead atoms. The third-order valence-electron chi connectivity index (χ3n) is 4.09. The minimum atomic E-state index is -1.43. The van der Waals surface area contributed by atoms with E-state index in [0.29, 0.717) is 10.9 Å². The van der Waals surface area contributed by atoms with Gasteiger partial charge in [-0.3, -0.25) is 9.78 Å². The number of hydrogen-bond donors (Lipinski definition) is 6. The summed E-state index contributed by atoms with van der Waals surface area (Å²) in [5.74, 6) is -0.0432. The molecule has 0 unspecified atom stereocenters. The number of H-pyrrole nitrogens is 2. The van der Waals surface area contributed by atoms with E-state index in [1.165, 1.54) is 23.6 Å². The van der Waals surface area contributed by atoms with Gasteiger partial charge in [-0.05, 0) is 25.1 Å². The van der Waals surface area contributed by atoms with Crippen LogP contribution < -0.4 is 15.8 Å². The Hall–Kier alpha value is -2.75. The number of pyridine rings is 1. The van der Waals surface area contributed by atoms with Gasteiger partial charge in [0, 0.05) is 11.5 Å². The molecule has 9 nitrogen and oxygen atoms in total. The van der Waals surface area contributed by atoms with Crippen LogP contribution in [0.2, 0.25) is 0 Å². The molecule has 0 amide bonds. The van der Waals surface area contributed by atoms with E-state index in [1.807, 2.05) is 0 Å². The summed E-state index contributed by atoms with van der Waals surface area (Å²) in [6.07, 6.45) is -3.97. The van der Waals surface area contributed by atoms with Gasteiger partial charge in [-0.1, -0.05) is 0 Å². The summed E-state index contributed by atoms with van der Waals surface area (Å²) in [5.41, 5.74) is -0.765. The molecule has 9 heteroatoms. The Morgan fingerprint density at radius 2 is 1.84 bits per heavy atom. The van der Waals surface area contributed by atoms with E-state index in [4.69, 9.17) is 0 Å². The number of nitrogens with one attached hydrogen (secondary N) is 2. The van der Waals surface area contributed by atoms with Gasteiger partial charge in [0.2, 0.25) is 0 Å². The van der Waals surface area contributed by atoms with E-state index in [1.54, 1.807) is 12.1 Å². The SMILES string of the molecule is C[C@@H](O)[C@@H](O)[C@@H](O)C[n+]1c2cc(O)ccc2cc2c(=O)[nH]c(=O)[nH]c21. The Bertz CT molecular complexity index is 1060. The summed E-state index contributed by atoms with van der Waals surface area (Å²) in [5, 5.41) is 40.0. The molecule has 2 aromatic heterocycles. The number of aromatic hydroxyl groups is 1. The molecule has 0 aliphatic carbocycles. The Morgan fingerprint density at radius 1 is 1.12 bits per heavy atom. The third kappa shape index (κ3) is 3.12. The van der Waals surface area contributed by atoms with Crippen molar-refractivity contribution in [3.8, 4) is 5.75 Å². The molecule has 0 aliphatic rings. The number of phenols is 1. The zero-order valence-electron chi connectivity index (χ0n) is 13.3. The molecule has 2 heterocycles. The van der Waals surface area contributed by atoms with Crippen molar-refractivity contribution in [3.63, 3.8) is 0 Å². The molecular weight excluding hydrogens is 330 g/mol. The first-order chi connectivity index (χ1) is 11.8. The molecule has 0 fully saturated rings. The molecule has 3 aromatic rings. The van der Waals surface area contributed by atoms with E-state index in [-0.39, 0.29) is 23.3 Å². The molecule has 25 heavy (non-hydrogen) atoms. The van der Waals surface area contributed by atoms with Crippen LogP contribution in [0, 0.1) is 0 Å². The van der Waals surface area contributed by atoms with Gasteiger partial charge < -0.3 is 20.4 Å². The number of phenolic OH excluding ortho intramolecular Hbond substituents is 1. The second-order valence-electron chi connectivity index (χ2n) is 5.97. The van der Waals surface area contributed by atoms with Gasteiger partial charge in [0.25, 0.3) is 11.2 Å². The largest absolute Gasteiger partial charge is 0.508 e. The molecule has 1 aromatic carbocycles. The lowest BCUT2D eigenvalue weighted by Gasteiger charge is -2.20. The second-order valence-corrected chi connectivity index (χ2v) is 5.97. The first-order valence-corrected chi connectivity index (χ1v) is 7.64. The topological polar surface area (TPSA) is 151 Å². The molecule has 0 saturated heterocycles. The van der Waals surface area contributed by atoms with E-state index in [9.17, 15) is 30.0 Å². The van der Waals surface area contributed by atoms with Crippen molar-refractivity contribution in [2.45, 2.75) is 31.8 Å². The van der Waals surface area contributed by atoms with Crippen LogP contribution in [-0.2, 0) is 6.54 Å². The molecule has 0 spiro atoms. The fraction of sp³-hybridized carbons (Fsp3) is 0.312. The van der Waals surface area contributed by atoms with Gasteiger partial charge in [0.1, 0.15) is 35.4 Å². The monoisotopic (exact) mass is 348 g/mol. The Kier molecular flexibility index (Phi) is 4.29. The quantitative estimate of drug-likeness (QED) is 0.249. The number of aromatic amines is 2. The summed E-state index contributed by atoms with van der Waals surface area (Å²) in [7, 11) is 0. The zero-order valence-corrected chi connectivity index (χ0v) is 13.3. The Labute approximate surface area is 140 Å². The van der Waals surface area contributed by atoms with Crippen LogP contribution in [0.5, 0.6) is 5.75 Å². The standard InChI is InChI=1S/C16H17N3O6/c1-7(20)13(23)12(22)6-19-11-5-9(21)3-2-8(11)4-10-14(19)17-16(25)18-15(10)24/h2-5,7,12-13,20,22-23H,6H2,1H3,(H2,17,18,21,24,25)/p+1/t7-,12+,13-/m1/s1. The summed E-state index contributed by atoms with van der Waals surface area (Å²) in [4.78, 5) is 28.4. The molecule has 0 radical (unpaired) electrons. The van der Waals surface area contributed by atoms with Crippen LogP contribution in [0.15, 0.2) is 33.9 Å². The van der Waals surface area contributed by atoms with Crippen LogP contribution in [0.1, 0.15) is 6.92 Å².